The Morgan fingerprint density at radius 3 is 2.00 bits per heavy atom. The lowest BCUT2D eigenvalue weighted by molar-refractivity contribution is 0.0960. The van der Waals surface area contributed by atoms with Crippen molar-refractivity contribution in [3.8, 4) is 11.1 Å². The molecule has 0 atom stereocenters. The number of ketones is 1. The highest BCUT2D eigenvalue weighted by Crippen LogP contribution is 2.30. The topological polar surface area (TPSA) is 17.1 Å². The third kappa shape index (κ3) is 6.58. The second-order valence-electron chi connectivity index (χ2n) is 8.51. The molecule has 0 aliphatic rings. The molecule has 0 saturated carbocycles. The number of aryl methyl sites for hydroxylation is 1. The van der Waals surface area contributed by atoms with E-state index in [2.05, 4.69) is 44.2 Å². The van der Waals surface area contributed by atoms with E-state index in [1.54, 1.807) is 0 Å². The first-order valence-electron chi connectivity index (χ1n) is 10.4. The van der Waals surface area contributed by atoms with E-state index in [0.717, 1.165) is 47.4 Å². The lowest BCUT2D eigenvalue weighted by atomic mass is 9.81. The van der Waals surface area contributed by atoms with Crippen LogP contribution in [0.3, 0.4) is 0 Å². The average molecular weight is 405 g/mol. The van der Waals surface area contributed by atoms with Gasteiger partial charge < -0.3 is 0 Å². The van der Waals surface area contributed by atoms with Crippen molar-refractivity contribution in [2.45, 2.75) is 46.0 Å². The number of hydrogen-bond donors (Lipinski definition) is 0. The highest BCUT2D eigenvalue weighted by Gasteiger charge is 2.19. The predicted octanol–water partition coefficient (Wildman–Crippen LogP) is 8.02. The lowest BCUT2D eigenvalue weighted by Crippen LogP contribution is -2.14. The fourth-order valence-corrected chi connectivity index (χ4v) is 3.75. The number of benzene rings is 3. The van der Waals surface area contributed by atoms with E-state index >= 15 is 0 Å². The van der Waals surface area contributed by atoms with Crippen molar-refractivity contribution < 1.29 is 4.79 Å². The standard InChI is InChI=1S/C27H29ClO/c1-27(2,19-6-9-21-7-4-3-5-8-21)20-18-26(29)24-12-10-22(11-13-24)23-14-16-25(28)17-15-23/h3-5,7-8,10-17H,6,9,18-20H2,1-2H3. The van der Waals surface area contributed by atoms with Gasteiger partial charge in [-0.2, -0.15) is 0 Å². The van der Waals surface area contributed by atoms with Crippen LogP contribution in [0.4, 0.5) is 0 Å². The van der Waals surface area contributed by atoms with Crippen LogP contribution in [0.1, 0.15) is 55.5 Å². The molecule has 3 rings (SSSR count). The smallest absolute Gasteiger partial charge is 0.162 e. The molecule has 0 aromatic heterocycles. The molecular weight excluding hydrogens is 376 g/mol. The van der Waals surface area contributed by atoms with E-state index in [1.165, 1.54) is 5.56 Å². The third-order valence-electron chi connectivity index (χ3n) is 5.58. The van der Waals surface area contributed by atoms with Crippen molar-refractivity contribution in [2.24, 2.45) is 5.41 Å². The molecule has 0 bridgehead atoms. The zero-order valence-electron chi connectivity index (χ0n) is 17.3. The van der Waals surface area contributed by atoms with Crippen molar-refractivity contribution in [2.75, 3.05) is 0 Å². The van der Waals surface area contributed by atoms with Crippen LogP contribution < -0.4 is 0 Å². The van der Waals surface area contributed by atoms with E-state index in [1.807, 2.05) is 48.5 Å². The molecule has 0 spiro atoms. The summed E-state index contributed by atoms with van der Waals surface area (Å²) in [6.45, 7) is 4.55. The van der Waals surface area contributed by atoms with Crippen LogP contribution in [-0.2, 0) is 6.42 Å². The highest BCUT2D eigenvalue weighted by molar-refractivity contribution is 6.30. The van der Waals surface area contributed by atoms with Crippen molar-refractivity contribution in [3.05, 3.63) is 95.0 Å². The maximum absolute atomic E-state index is 12.7. The molecule has 150 valence electrons. The molecule has 1 nitrogen and oxygen atoms in total. The van der Waals surface area contributed by atoms with Crippen LogP contribution in [-0.4, -0.2) is 5.78 Å². The van der Waals surface area contributed by atoms with E-state index in [4.69, 9.17) is 11.6 Å². The van der Waals surface area contributed by atoms with Crippen LogP contribution in [0.25, 0.3) is 11.1 Å². The molecule has 2 heteroatoms. The molecule has 0 radical (unpaired) electrons. The molecule has 0 aliphatic heterocycles. The monoisotopic (exact) mass is 404 g/mol. The Hall–Kier alpha value is -2.38. The molecule has 29 heavy (non-hydrogen) atoms. The number of carbonyl (C=O) groups is 1. The summed E-state index contributed by atoms with van der Waals surface area (Å²) >= 11 is 5.96. The first-order valence-corrected chi connectivity index (χ1v) is 10.7. The lowest BCUT2D eigenvalue weighted by Gasteiger charge is -2.24. The first kappa shape index (κ1) is 21.3. The summed E-state index contributed by atoms with van der Waals surface area (Å²) in [5.74, 6) is 0.226. The van der Waals surface area contributed by atoms with Crippen LogP contribution >= 0.6 is 11.6 Å². The number of carbonyl (C=O) groups excluding carboxylic acids is 1. The molecule has 3 aromatic rings. The number of Topliss-reactive ketones (excluding diaryl/α,β-unsaturated/α-hetero) is 1. The van der Waals surface area contributed by atoms with Gasteiger partial charge in [-0.3, -0.25) is 4.79 Å². The Balaban J connectivity index is 1.49. The molecule has 0 unspecified atom stereocenters. The van der Waals surface area contributed by atoms with Crippen LogP contribution in [0, 0.1) is 5.41 Å². The van der Waals surface area contributed by atoms with Gasteiger partial charge in [0.05, 0.1) is 0 Å². The zero-order valence-corrected chi connectivity index (χ0v) is 18.1. The predicted molar refractivity (Wildman–Crippen MR) is 124 cm³/mol. The quantitative estimate of drug-likeness (QED) is 0.330. The van der Waals surface area contributed by atoms with E-state index in [9.17, 15) is 4.79 Å². The molecule has 3 aromatic carbocycles. The van der Waals surface area contributed by atoms with Gasteiger partial charge in [0.25, 0.3) is 0 Å². The summed E-state index contributed by atoms with van der Waals surface area (Å²) in [6.07, 6.45) is 4.90. The molecule has 0 amide bonds. The minimum atomic E-state index is 0.174. The summed E-state index contributed by atoms with van der Waals surface area (Å²) < 4.78 is 0. The van der Waals surface area contributed by atoms with E-state index in [0.29, 0.717) is 6.42 Å². The minimum Gasteiger partial charge on any atom is -0.294 e. The molecule has 0 fully saturated rings. The fourth-order valence-electron chi connectivity index (χ4n) is 3.63. The Kier molecular flexibility index (Phi) is 7.28. The van der Waals surface area contributed by atoms with Crippen molar-refractivity contribution in [1.29, 1.82) is 0 Å². The number of rotatable bonds is 9. The highest BCUT2D eigenvalue weighted by atomic mass is 35.5. The van der Waals surface area contributed by atoms with E-state index in [-0.39, 0.29) is 11.2 Å². The molecule has 0 aliphatic carbocycles. The maximum atomic E-state index is 12.7. The SMILES string of the molecule is CC(C)(CCCc1ccccc1)CCC(=O)c1ccc(-c2ccc(Cl)cc2)cc1. The van der Waals surface area contributed by atoms with Gasteiger partial charge >= 0.3 is 0 Å². The molecular formula is C27H29ClO. The van der Waals surface area contributed by atoms with Gasteiger partial charge in [0.1, 0.15) is 0 Å². The van der Waals surface area contributed by atoms with Gasteiger partial charge in [-0.05, 0) is 59.9 Å². The Morgan fingerprint density at radius 2 is 1.38 bits per heavy atom. The van der Waals surface area contributed by atoms with Gasteiger partial charge in [0, 0.05) is 17.0 Å². The van der Waals surface area contributed by atoms with Gasteiger partial charge in [0.2, 0.25) is 0 Å². The summed E-state index contributed by atoms with van der Waals surface area (Å²) in [5, 5.41) is 0.729. The largest absolute Gasteiger partial charge is 0.294 e. The normalized spacial score (nSPS) is 11.4. The Bertz CT molecular complexity index is 909. The fraction of sp³-hybridized carbons (Fsp3) is 0.296. The van der Waals surface area contributed by atoms with Crippen LogP contribution in [0.5, 0.6) is 0 Å². The molecule has 0 N–H and O–H groups in total. The summed E-state index contributed by atoms with van der Waals surface area (Å²) in [6, 6.07) is 26.3. The second-order valence-corrected chi connectivity index (χ2v) is 8.95. The number of halogens is 1. The Labute approximate surface area is 179 Å². The number of hydrogen-bond acceptors (Lipinski definition) is 1. The zero-order chi connectivity index (χ0) is 20.7. The minimum absolute atomic E-state index is 0.174. The van der Waals surface area contributed by atoms with Gasteiger partial charge in [-0.15, -0.1) is 0 Å². The van der Waals surface area contributed by atoms with Crippen LogP contribution in [0.15, 0.2) is 78.9 Å². The third-order valence-corrected chi connectivity index (χ3v) is 5.83. The van der Waals surface area contributed by atoms with Crippen molar-refractivity contribution in [3.63, 3.8) is 0 Å². The maximum Gasteiger partial charge on any atom is 0.162 e. The van der Waals surface area contributed by atoms with Gasteiger partial charge in [-0.1, -0.05) is 92.2 Å². The van der Waals surface area contributed by atoms with Crippen molar-refractivity contribution >= 4 is 17.4 Å². The van der Waals surface area contributed by atoms with Gasteiger partial charge in [-0.25, -0.2) is 0 Å². The Morgan fingerprint density at radius 1 is 0.793 bits per heavy atom. The second kappa shape index (κ2) is 9.89. The van der Waals surface area contributed by atoms with Crippen LogP contribution in [0.2, 0.25) is 5.02 Å². The molecule has 0 saturated heterocycles. The van der Waals surface area contributed by atoms with Crippen molar-refractivity contribution in [1.82, 2.24) is 0 Å². The average Bonchev–Trinajstić information content (AvgIpc) is 2.73. The molecule has 0 heterocycles. The van der Waals surface area contributed by atoms with E-state index < -0.39 is 0 Å². The summed E-state index contributed by atoms with van der Waals surface area (Å²) in [5.41, 5.74) is 4.56. The van der Waals surface area contributed by atoms with Gasteiger partial charge in [0.15, 0.2) is 5.78 Å². The first-order chi connectivity index (χ1) is 13.9. The summed E-state index contributed by atoms with van der Waals surface area (Å²) in [7, 11) is 0. The summed E-state index contributed by atoms with van der Waals surface area (Å²) in [4.78, 5) is 12.7.